The quantitative estimate of drug-likeness (QED) is 0.682. The fraction of sp³-hybridized carbons (Fsp3) is 0.111. The molecule has 3 heteroatoms. The third-order valence-electron chi connectivity index (χ3n) is 3.92. The van der Waals surface area contributed by atoms with Crippen molar-refractivity contribution in [2.75, 3.05) is 0 Å². The van der Waals surface area contributed by atoms with E-state index < -0.39 is 0 Å². The predicted octanol–water partition coefficient (Wildman–Crippen LogP) is 3.34. The molecule has 21 heavy (non-hydrogen) atoms. The van der Waals surface area contributed by atoms with Crippen LogP contribution in [-0.4, -0.2) is 9.55 Å². The summed E-state index contributed by atoms with van der Waals surface area (Å²) in [5.74, 6) is 0.808. The summed E-state index contributed by atoms with van der Waals surface area (Å²) in [6, 6.07) is 17.8. The van der Waals surface area contributed by atoms with Crippen LogP contribution < -0.4 is 5.56 Å². The van der Waals surface area contributed by atoms with Gasteiger partial charge in [-0.25, -0.2) is 0 Å². The van der Waals surface area contributed by atoms with Gasteiger partial charge in [0.1, 0.15) is 5.82 Å². The molecule has 3 nitrogen and oxygen atoms in total. The van der Waals surface area contributed by atoms with Crippen LogP contribution in [0.2, 0.25) is 0 Å². The number of aromatic nitrogens is 2. The van der Waals surface area contributed by atoms with Crippen molar-refractivity contribution in [3.05, 3.63) is 76.3 Å². The summed E-state index contributed by atoms with van der Waals surface area (Å²) in [6.45, 7) is 0.877. The number of para-hydroxylation sites is 1. The Labute approximate surface area is 122 Å². The molecule has 0 saturated heterocycles. The van der Waals surface area contributed by atoms with Crippen molar-refractivity contribution >= 4 is 22.6 Å². The lowest BCUT2D eigenvalue weighted by Gasteiger charge is -2.07. The highest BCUT2D eigenvalue weighted by Crippen LogP contribution is 2.29. The number of benzene rings is 2. The number of hydrogen-bond donors (Lipinski definition) is 0. The standard InChI is InChI=1S/C18H14N2O/c21-18-15-8-4-5-9-16(15)20-11-10-14(17(20)19-18)12-13-6-2-1-3-7-13/h1-9,12H,10-11H2/b14-12+. The zero-order valence-electron chi connectivity index (χ0n) is 11.5. The maximum atomic E-state index is 12.2. The lowest BCUT2D eigenvalue weighted by atomic mass is 10.1. The first-order valence-corrected chi connectivity index (χ1v) is 7.08. The van der Waals surface area contributed by atoms with Gasteiger partial charge in [0.15, 0.2) is 0 Å². The van der Waals surface area contributed by atoms with Gasteiger partial charge in [-0.2, -0.15) is 4.98 Å². The van der Waals surface area contributed by atoms with Crippen LogP contribution in [0.4, 0.5) is 0 Å². The van der Waals surface area contributed by atoms with E-state index >= 15 is 0 Å². The zero-order chi connectivity index (χ0) is 14.2. The van der Waals surface area contributed by atoms with Crippen LogP contribution in [0.3, 0.4) is 0 Å². The van der Waals surface area contributed by atoms with E-state index in [-0.39, 0.29) is 5.56 Å². The van der Waals surface area contributed by atoms with Crippen molar-refractivity contribution in [2.45, 2.75) is 13.0 Å². The Kier molecular flexibility index (Phi) is 2.71. The van der Waals surface area contributed by atoms with E-state index in [0.29, 0.717) is 5.39 Å². The normalized spacial score (nSPS) is 15.5. The number of rotatable bonds is 1. The van der Waals surface area contributed by atoms with Crippen LogP contribution in [0, 0.1) is 0 Å². The van der Waals surface area contributed by atoms with Gasteiger partial charge >= 0.3 is 0 Å². The zero-order valence-corrected chi connectivity index (χ0v) is 11.5. The molecule has 0 radical (unpaired) electrons. The van der Waals surface area contributed by atoms with E-state index in [1.165, 1.54) is 0 Å². The van der Waals surface area contributed by atoms with E-state index in [1.54, 1.807) is 0 Å². The average Bonchev–Trinajstić information content (AvgIpc) is 2.92. The lowest BCUT2D eigenvalue weighted by molar-refractivity contribution is 0.772. The van der Waals surface area contributed by atoms with Gasteiger partial charge in [-0.1, -0.05) is 42.5 Å². The van der Waals surface area contributed by atoms with Crippen molar-refractivity contribution < 1.29 is 0 Å². The minimum absolute atomic E-state index is 0.141. The predicted molar refractivity (Wildman–Crippen MR) is 84.9 cm³/mol. The molecule has 1 aliphatic rings. The first-order chi connectivity index (χ1) is 10.3. The summed E-state index contributed by atoms with van der Waals surface area (Å²) < 4.78 is 2.14. The van der Waals surface area contributed by atoms with Gasteiger partial charge in [-0.15, -0.1) is 0 Å². The Morgan fingerprint density at radius 2 is 1.76 bits per heavy atom. The van der Waals surface area contributed by atoms with E-state index in [9.17, 15) is 4.79 Å². The van der Waals surface area contributed by atoms with Crippen molar-refractivity contribution in [2.24, 2.45) is 0 Å². The van der Waals surface area contributed by atoms with Gasteiger partial charge in [-0.05, 0) is 35.8 Å². The van der Waals surface area contributed by atoms with Gasteiger partial charge in [0.25, 0.3) is 5.56 Å². The molecule has 0 atom stereocenters. The summed E-state index contributed by atoms with van der Waals surface area (Å²) >= 11 is 0. The summed E-state index contributed by atoms with van der Waals surface area (Å²) in [5.41, 5.74) is 3.11. The fourth-order valence-electron chi connectivity index (χ4n) is 2.92. The van der Waals surface area contributed by atoms with Gasteiger partial charge in [-0.3, -0.25) is 4.79 Å². The van der Waals surface area contributed by atoms with Crippen LogP contribution in [0.1, 0.15) is 17.8 Å². The second kappa shape index (κ2) is 4.70. The summed E-state index contributed by atoms with van der Waals surface area (Å²) in [6.07, 6.45) is 3.04. The molecule has 102 valence electrons. The highest BCUT2D eigenvalue weighted by Gasteiger charge is 2.20. The van der Waals surface area contributed by atoms with Crippen LogP contribution in [0.5, 0.6) is 0 Å². The summed E-state index contributed by atoms with van der Waals surface area (Å²) in [5, 5.41) is 0.696. The highest BCUT2D eigenvalue weighted by atomic mass is 16.1. The molecule has 0 bridgehead atoms. The number of allylic oxidation sites excluding steroid dienone is 1. The molecule has 2 heterocycles. The van der Waals surface area contributed by atoms with Crippen LogP contribution >= 0.6 is 0 Å². The molecule has 3 aromatic rings. The van der Waals surface area contributed by atoms with Crippen LogP contribution in [0.25, 0.3) is 22.6 Å². The Morgan fingerprint density at radius 3 is 2.62 bits per heavy atom. The molecule has 2 aromatic carbocycles. The Balaban J connectivity index is 1.94. The number of fused-ring (bicyclic) bond motifs is 3. The molecule has 0 spiro atoms. The van der Waals surface area contributed by atoms with Crippen LogP contribution in [-0.2, 0) is 6.54 Å². The fourth-order valence-corrected chi connectivity index (χ4v) is 2.92. The second-order valence-corrected chi connectivity index (χ2v) is 5.24. The minimum atomic E-state index is -0.141. The average molecular weight is 274 g/mol. The third kappa shape index (κ3) is 1.98. The second-order valence-electron chi connectivity index (χ2n) is 5.24. The smallest absolute Gasteiger partial charge is 0.281 e. The lowest BCUT2D eigenvalue weighted by Crippen LogP contribution is -2.14. The summed E-state index contributed by atoms with van der Waals surface area (Å²) in [7, 11) is 0. The maximum absolute atomic E-state index is 12.2. The third-order valence-corrected chi connectivity index (χ3v) is 3.92. The summed E-state index contributed by atoms with van der Waals surface area (Å²) in [4.78, 5) is 16.5. The molecular weight excluding hydrogens is 260 g/mol. The van der Waals surface area contributed by atoms with E-state index in [4.69, 9.17) is 0 Å². The van der Waals surface area contributed by atoms with Crippen LogP contribution in [0.15, 0.2) is 59.4 Å². The minimum Gasteiger partial charge on any atom is -0.325 e. The largest absolute Gasteiger partial charge is 0.325 e. The Bertz CT molecular complexity index is 907. The van der Waals surface area contributed by atoms with Gasteiger partial charge in [0.2, 0.25) is 0 Å². The van der Waals surface area contributed by atoms with Crippen molar-refractivity contribution in [1.82, 2.24) is 9.55 Å². The molecule has 0 unspecified atom stereocenters. The molecule has 0 saturated carbocycles. The van der Waals surface area contributed by atoms with Crippen molar-refractivity contribution in [3.63, 3.8) is 0 Å². The molecular formula is C18H14N2O. The monoisotopic (exact) mass is 274 g/mol. The maximum Gasteiger partial charge on any atom is 0.281 e. The first-order valence-electron chi connectivity index (χ1n) is 7.08. The molecule has 0 fully saturated rings. The van der Waals surface area contributed by atoms with Gasteiger partial charge < -0.3 is 4.57 Å². The molecule has 1 aliphatic heterocycles. The molecule has 0 aliphatic carbocycles. The molecule has 0 amide bonds. The number of hydrogen-bond acceptors (Lipinski definition) is 2. The highest BCUT2D eigenvalue weighted by molar-refractivity contribution is 5.85. The van der Waals surface area contributed by atoms with E-state index in [1.807, 2.05) is 42.5 Å². The van der Waals surface area contributed by atoms with Crippen molar-refractivity contribution in [3.8, 4) is 0 Å². The number of nitrogens with zero attached hydrogens (tertiary/aromatic N) is 2. The molecule has 0 N–H and O–H groups in total. The Morgan fingerprint density at radius 1 is 1.00 bits per heavy atom. The van der Waals surface area contributed by atoms with Gasteiger partial charge in [0, 0.05) is 6.54 Å². The van der Waals surface area contributed by atoms with E-state index in [0.717, 1.165) is 35.4 Å². The van der Waals surface area contributed by atoms with Gasteiger partial charge in [0.05, 0.1) is 10.9 Å². The van der Waals surface area contributed by atoms with E-state index in [2.05, 4.69) is 27.8 Å². The topological polar surface area (TPSA) is 34.9 Å². The Hall–Kier alpha value is -2.68. The molecule has 1 aromatic heterocycles. The van der Waals surface area contributed by atoms with Crippen molar-refractivity contribution in [1.29, 1.82) is 0 Å². The number of aryl methyl sites for hydroxylation is 1. The SMILES string of the molecule is O=c1nc2n(c3ccccc13)CC/C2=C\c1ccccc1. The molecule has 4 rings (SSSR count). The first kappa shape index (κ1) is 12.1.